The van der Waals surface area contributed by atoms with Gasteiger partial charge in [0.15, 0.2) is 0 Å². The van der Waals surface area contributed by atoms with E-state index in [9.17, 15) is 9.59 Å². The number of carboxylic acids is 1. The van der Waals surface area contributed by atoms with Crippen LogP contribution in [0, 0.1) is 0 Å². The summed E-state index contributed by atoms with van der Waals surface area (Å²) in [6.45, 7) is 0. The number of rotatable bonds is 3. The van der Waals surface area contributed by atoms with E-state index in [0.29, 0.717) is 10.5 Å². The fourth-order valence-corrected chi connectivity index (χ4v) is 1.68. The molecule has 0 aliphatic heterocycles. The Bertz CT molecular complexity index is 591. The number of carbonyl (C=O) groups excluding carboxylic acids is 1. The van der Waals surface area contributed by atoms with E-state index < -0.39 is 5.97 Å². The van der Waals surface area contributed by atoms with Crippen LogP contribution < -0.4 is 0 Å². The zero-order valence-corrected chi connectivity index (χ0v) is 9.52. The zero-order valence-electron chi connectivity index (χ0n) is 8.76. The number of halogens is 1. The number of carbonyl (C=O) groups is 2. The minimum absolute atomic E-state index is 0.0847. The van der Waals surface area contributed by atoms with Crippen molar-refractivity contribution in [2.24, 2.45) is 0 Å². The third-order valence-corrected chi connectivity index (χ3v) is 2.56. The largest absolute Gasteiger partial charge is 0.481 e. The van der Waals surface area contributed by atoms with E-state index in [4.69, 9.17) is 16.7 Å². The predicted molar refractivity (Wildman–Crippen MR) is 62.2 cm³/mol. The van der Waals surface area contributed by atoms with Crippen molar-refractivity contribution in [1.82, 2.24) is 9.78 Å². The molecule has 0 aliphatic rings. The average molecular weight is 253 g/mol. The second kappa shape index (κ2) is 4.55. The maximum Gasteiger partial charge on any atom is 0.303 e. The summed E-state index contributed by atoms with van der Waals surface area (Å²) < 4.78 is 1.18. The Kier molecular flexibility index (Phi) is 3.10. The summed E-state index contributed by atoms with van der Waals surface area (Å²) in [5, 5.41) is 13.7. The molecular formula is C11H9ClN2O3. The molecule has 0 fully saturated rings. The number of nitrogens with zero attached hydrogens (tertiary/aromatic N) is 2. The zero-order chi connectivity index (χ0) is 12.4. The number of carboxylic acid groups (broad SMARTS) is 1. The van der Waals surface area contributed by atoms with E-state index in [0.717, 1.165) is 5.39 Å². The highest BCUT2D eigenvalue weighted by Crippen LogP contribution is 2.19. The van der Waals surface area contributed by atoms with Crippen molar-refractivity contribution in [1.29, 1.82) is 0 Å². The lowest BCUT2D eigenvalue weighted by Crippen LogP contribution is -2.13. The second-order valence-corrected chi connectivity index (χ2v) is 3.98. The molecule has 0 radical (unpaired) electrons. The highest BCUT2D eigenvalue weighted by molar-refractivity contribution is 6.31. The van der Waals surface area contributed by atoms with Gasteiger partial charge in [-0.2, -0.15) is 5.10 Å². The van der Waals surface area contributed by atoms with E-state index in [-0.39, 0.29) is 18.7 Å². The summed E-state index contributed by atoms with van der Waals surface area (Å²) in [7, 11) is 0. The minimum atomic E-state index is -1.01. The average Bonchev–Trinajstić information content (AvgIpc) is 2.68. The van der Waals surface area contributed by atoms with Crippen LogP contribution >= 0.6 is 11.6 Å². The van der Waals surface area contributed by atoms with Gasteiger partial charge in [-0.25, -0.2) is 4.68 Å². The molecule has 2 rings (SSSR count). The number of fused-ring (bicyclic) bond motifs is 1. The Morgan fingerprint density at radius 2 is 2.12 bits per heavy atom. The van der Waals surface area contributed by atoms with Crippen LogP contribution in [0.5, 0.6) is 0 Å². The standard InChI is InChI=1S/C11H9ClN2O3/c12-8-2-1-7-6-13-14(9(7)5-8)10(15)3-4-11(16)17/h1-2,5-6H,3-4H2,(H,16,17). The summed E-state index contributed by atoms with van der Waals surface area (Å²) in [4.78, 5) is 22.1. The molecule has 5 nitrogen and oxygen atoms in total. The van der Waals surface area contributed by atoms with E-state index in [1.165, 1.54) is 4.68 Å². The van der Waals surface area contributed by atoms with Crippen LogP contribution in [-0.2, 0) is 4.79 Å². The van der Waals surface area contributed by atoms with Crippen molar-refractivity contribution in [3.8, 4) is 0 Å². The van der Waals surface area contributed by atoms with Gasteiger partial charge in [0.2, 0.25) is 5.91 Å². The number of hydrogen-bond acceptors (Lipinski definition) is 3. The van der Waals surface area contributed by atoms with Gasteiger partial charge in [0.1, 0.15) is 0 Å². The Morgan fingerprint density at radius 3 is 2.82 bits per heavy atom. The van der Waals surface area contributed by atoms with Gasteiger partial charge in [-0.1, -0.05) is 11.6 Å². The second-order valence-electron chi connectivity index (χ2n) is 3.55. The molecule has 0 atom stereocenters. The molecule has 1 aromatic heterocycles. The lowest BCUT2D eigenvalue weighted by atomic mass is 10.2. The minimum Gasteiger partial charge on any atom is -0.481 e. The molecular weight excluding hydrogens is 244 g/mol. The van der Waals surface area contributed by atoms with Crippen LogP contribution in [0.4, 0.5) is 0 Å². The first-order chi connectivity index (χ1) is 8.08. The number of hydrogen-bond donors (Lipinski definition) is 1. The summed E-state index contributed by atoms with van der Waals surface area (Å²) in [6, 6.07) is 5.09. The molecule has 1 N–H and O–H groups in total. The van der Waals surface area contributed by atoms with Crippen molar-refractivity contribution >= 4 is 34.4 Å². The van der Waals surface area contributed by atoms with Gasteiger partial charge in [-0.3, -0.25) is 9.59 Å². The number of benzene rings is 1. The van der Waals surface area contributed by atoms with Gasteiger partial charge in [-0.05, 0) is 18.2 Å². The first kappa shape index (κ1) is 11.6. The normalized spacial score (nSPS) is 10.6. The molecule has 0 spiro atoms. The Labute approximate surface area is 102 Å². The van der Waals surface area contributed by atoms with Gasteiger partial charge in [0.05, 0.1) is 18.1 Å². The molecule has 0 unspecified atom stereocenters. The van der Waals surface area contributed by atoms with E-state index in [1.54, 1.807) is 24.4 Å². The molecule has 1 heterocycles. The molecule has 17 heavy (non-hydrogen) atoms. The van der Waals surface area contributed by atoms with Crippen molar-refractivity contribution in [3.05, 3.63) is 29.4 Å². The lowest BCUT2D eigenvalue weighted by Gasteiger charge is -2.01. The topological polar surface area (TPSA) is 72.2 Å². The first-order valence-electron chi connectivity index (χ1n) is 4.96. The van der Waals surface area contributed by atoms with Gasteiger partial charge in [0.25, 0.3) is 0 Å². The van der Waals surface area contributed by atoms with Crippen LogP contribution in [0.25, 0.3) is 10.9 Å². The quantitative estimate of drug-likeness (QED) is 0.909. The maximum atomic E-state index is 11.7. The third-order valence-electron chi connectivity index (χ3n) is 2.32. The SMILES string of the molecule is O=C(O)CCC(=O)n1ncc2ccc(Cl)cc21. The van der Waals surface area contributed by atoms with Crippen LogP contribution in [0.2, 0.25) is 5.02 Å². The van der Waals surface area contributed by atoms with E-state index in [1.807, 2.05) is 0 Å². The van der Waals surface area contributed by atoms with Crippen LogP contribution in [0.15, 0.2) is 24.4 Å². The highest BCUT2D eigenvalue weighted by Gasteiger charge is 2.12. The Hall–Kier alpha value is -1.88. The van der Waals surface area contributed by atoms with Gasteiger partial charge in [0, 0.05) is 16.8 Å². The number of aromatic nitrogens is 2. The molecule has 0 saturated carbocycles. The molecule has 1 aromatic carbocycles. The van der Waals surface area contributed by atoms with Crippen LogP contribution in [0.3, 0.4) is 0 Å². The molecule has 0 saturated heterocycles. The monoisotopic (exact) mass is 252 g/mol. The first-order valence-corrected chi connectivity index (χ1v) is 5.34. The molecule has 0 amide bonds. The lowest BCUT2D eigenvalue weighted by molar-refractivity contribution is -0.136. The van der Waals surface area contributed by atoms with Crippen LogP contribution in [0.1, 0.15) is 17.6 Å². The molecule has 0 bridgehead atoms. The van der Waals surface area contributed by atoms with E-state index in [2.05, 4.69) is 5.10 Å². The fraction of sp³-hybridized carbons (Fsp3) is 0.182. The van der Waals surface area contributed by atoms with Gasteiger partial charge < -0.3 is 5.11 Å². The fourth-order valence-electron chi connectivity index (χ4n) is 1.51. The summed E-state index contributed by atoms with van der Waals surface area (Å²) >= 11 is 5.83. The van der Waals surface area contributed by atoms with Crippen molar-refractivity contribution in [2.45, 2.75) is 12.8 Å². The van der Waals surface area contributed by atoms with Crippen molar-refractivity contribution in [3.63, 3.8) is 0 Å². The predicted octanol–water partition coefficient (Wildman–Crippen LogP) is 2.19. The molecule has 6 heteroatoms. The van der Waals surface area contributed by atoms with Gasteiger partial charge in [-0.15, -0.1) is 0 Å². The maximum absolute atomic E-state index is 11.7. The van der Waals surface area contributed by atoms with Crippen molar-refractivity contribution in [2.75, 3.05) is 0 Å². The Morgan fingerprint density at radius 1 is 1.35 bits per heavy atom. The summed E-state index contributed by atoms with van der Waals surface area (Å²) in [5.41, 5.74) is 0.591. The van der Waals surface area contributed by atoms with Crippen molar-refractivity contribution < 1.29 is 14.7 Å². The van der Waals surface area contributed by atoms with Gasteiger partial charge >= 0.3 is 5.97 Å². The number of aliphatic carboxylic acids is 1. The molecule has 2 aromatic rings. The smallest absolute Gasteiger partial charge is 0.303 e. The van der Waals surface area contributed by atoms with E-state index >= 15 is 0 Å². The third kappa shape index (κ3) is 2.45. The molecule has 0 aliphatic carbocycles. The Balaban J connectivity index is 2.32. The van der Waals surface area contributed by atoms with Crippen LogP contribution in [-0.4, -0.2) is 26.8 Å². The highest BCUT2D eigenvalue weighted by atomic mass is 35.5. The summed E-state index contributed by atoms with van der Waals surface area (Å²) in [5.74, 6) is -1.36. The summed E-state index contributed by atoms with van der Waals surface area (Å²) in [6.07, 6.45) is 1.25. The molecule has 88 valence electrons.